The monoisotopic (exact) mass is 283 g/mol. The van der Waals surface area contributed by atoms with E-state index >= 15 is 0 Å². The second-order valence-corrected chi connectivity index (χ2v) is 3.99. The first-order valence-corrected chi connectivity index (χ1v) is 6.01. The summed E-state index contributed by atoms with van der Waals surface area (Å²) < 4.78 is 5.05. The van der Waals surface area contributed by atoms with Crippen molar-refractivity contribution in [3.63, 3.8) is 0 Å². The number of nitrogens with two attached hydrogens (primary N) is 1. The number of allylic oxidation sites excluding steroid dienone is 1. The molecule has 1 rings (SSSR count). The normalized spacial score (nSPS) is 10.6. The van der Waals surface area contributed by atoms with Crippen molar-refractivity contribution in [2.24, 2.45) is 5.73 Å². The molecule has 0 radical (unpaired) electrons. The maximum Gasteiger partial charge on any atom is 0.249 e. The van der Waals surface area contributed by atoms with Crippen molar-refractivity contribution in [3.8, 4) is 5.75 Å². The average molecular weight is 284 g/mol. The zero-order chi connectivity index (χ0) is 12.0. The van der Waals surface area contributed by atoms with Crippen LogP contribution in [0.2, 0.25) is 0 Å². The third-order valence-electron chi connectivity index (χ3n) is 2.10. The first kappa shape index (κ1) is 12.8. The molecular weight excluding hydrogens is 270 g/mol. The number of hydrogen-bond donors (Lipinski definition) is 1. The third-order valence-corrected chi connectivity index (χ3v) is 2.56. The molecule has 2 N–H and O–H groups in total. The van der Waals surface area contributed by atoms with Crippen LogP contribution in [-0.2, 0) is 0 Å². The van der Waals surface area contributed by atoms with Crippen LogP contribution < -0.4 is 10.5 Å². The van der Waals surface area contributed by atoms with Gasteiger partial charge in [-0.15, -0.1) is 0 Å². The number of carbonyl (C=O) groups is 1. The molecule has 0 unspecified atom stereocenters. The third kappa shape index (κ3) is 3.38. The summed E-state index contributed by atoms with van der Waals surface area (Å²) in [5.74, 6) is 0.184. The summed E-state index contributed by atoms with van der Waals surface area (Å²) in [5.41, 5.74) is 6.60. The van der Waals surface area contributed by atoms with Crippen LogP contribution in [0.4, 0.5) is 0 Å². The summed E-state index contributed by atoms with van der Waals surface area (Å²) in [6.45, 7) is 0. The number of halogens is 1. The Morgan fingerprint density at radius 1 is 1.56 bits per heavy atom. The van der Waals surface area contributed by atoms with Gasteiger partial charge in [0.15, 0.2) is 0 Å². The van der Waals surface area contributed by atoms with Crippen LogP contribution in [0.15, 0.2) is 24.3 Å². The van der Waals surface area contributed by atoms with E-state index in [-0.39, 0.29) is 0 Å². The van der Waals surface area contributed by atoms with Gasteiger partial charge < -0.3 is 10.5 Å². The minimum absolute atomic E-state index is 0.447. The van der Waals surface area contributed by atoms with Gasteiger partial charge in [-0.2, -0.15) is 0 Å². The highest BCUT2D eigenvalue weighted by atomic mass is 79.9. The maximum absolute atomic E-state index is 11.2. The molecule has 0 aliphatic carbocycles. The van der Waals surface area contributed by atoms with Gasteiger partial charge in [-0.25, -0.2) is 0 Å². The average Bonchev–Trinajstić information content (AvgIpc) is 2.29. The van der Waals surface area contributed by atoms with E-state index in [0.29, 0.717) is 11.3 Å². The van der Waals surface area contributed by atoms with E-state index in [1.165, 1.54) is 0 Å². The smallest absolute Gasteiger partial charge is 0.249 e. The predicted molar refractivity (Wildman–Crippen MR) is 69.0 cm³/mol. The molecule has 0 aromatic heterocycles. The van der Waals surface area contributed by atoms with Crippen molar-refractivity contribution in [1.29, 1.82) is 0 Å². The molecule has 0 saturated carbocycles. The van der Waals surface area contributed by atoms with Crippen LogP contribution >= 0.6 is 15.9 Å². The van der Waals surface area contributed by atoms with E-state index in [9.17, 15) is 4.79 Å². The van der Waals surface area contributed by atoms with Gasteiger partial charge in [-0.05, 0) is 24.1 Å². The Hall–Kier alpha value is -1.29. The lowest BCUT2D eigenvalue weighted by Gasteiger charge is -2.05. The Morgan fingerprint density at radius 2 is 2.31 bits per heavy atom. The van der Waals surface area contributed by atoms with Crippen LogP contribution in [0.5, 0.6) is 5.75 Å². The molecule has 1 aromatic rings. The number of benzene rings is 1. The van der Waals surface area contributed by atoms with Gasteiger partial charge in [0.1, 0.15) is 5.75 Å². The standard InChI is InChI=1S/C12H14BrNO2/c1-16-10-6-5-9(4-2-3-7-13)11(8-10)12(14)15/h2,4-6,8H,3,7H2,1H3,(H2,14,15). The highest BCUT2D eigenvalue weighted by Crippen LogP contribution is 2.18. The topological polar surface area (TPSA) is 52.3 Å². The first-order chi connectivity index (χ1) is 7.69. The largest absolute Gasteiger partial charge is 0.497 e. The maximum atomic E-state index is 11.2. The number of amides is 1. The van der Waals surface area contributed by atoms with Gasteiger partial charge in [0.25, 0.3) is 0 Å². The number of alkyl halides is 1. The van der Waals surface area contributed by atoms with Gasteiger partial charge in [-0.1, -0.05) is 34.1 Å². The number of hydrogen-bond acceptors (Lipinski definition) is 2. The van der Waals surface area contributed by atoms with Crippen molar-refractivity contribution in [2.75, 3.05) is 12.4 Å². The zero-order valence-corrected chi connectivity index (χ0v) is 10.7. The summed E-state index contributed by atoms with van der Waals surface area (Å²) in [6, 6.07) is 5.28. The summed E-state index contributed by atoms with van der Waals surface area (Å²) in [5, 5.41) is 0.894. The molecular formula is C12H14BrNO2. The molecule has 1 aromatic carbocycles. The fourth-order valence-corrected chi connectivity index (χ4v) is 1.56. The van der Waals surface area contributed by atoms with Crippen molar-refractivity contribution in [2.45, 2.75) is 6.42 Å². The molecule has 0 atom stereocenters. The van der Waals surface area contributed by atoms with E-state index < -0.39 is 5.91 Å². The summed E-state index contributed by atoms with van der Waals surface area (Å²) >= 11 is 3.33. The highest BCUT2D eigenvalue weighted by Gasteiger charge is 2.07. The van der Waals surface area contributed by atoms with Gasteiger partial charge in [0.2, 0.25) is 5.91 Å². The first-order valence-electron chi connectivity index (χ1n) is 4.89. The van der Waals surface area contributed by atoms with Crippen LogP contribution in [0.3, 0.4) is 0 Å². The predicted octanol–water partition coefficient (Wildman–Crippen LogP) is 2.59. The fraction of sp³-hybridized carbons (Fsp3) is 0.250. The summed E-state index contributed by atoms with van der Waals surface area (Å²) in [4.78, 5) is 11.2. The van der Waals surface area contributed by atoms with Crippen molar-refractivity contribution in [1.82, 2.24) is 0 Å². The molecule has 16 heavy (non-hydrogen) atoms. The number of carbonyl (C=O) groups excluding carboxylic acids is 1. The number of rotatable bonds is 5. The SMILES string of the molecule is COc1ccc(C=CCCBr)c(C(N)=O)c1. The number of ether oxygens (including phenoxy) is 1. The van der Waals surface area contributed by atoms with Crippen molar-refractivity contribution >= 4 is 27.9 Å². The molecule has 86 valence electrons. The van der Waals surface area contributed by atoms with E-state index in [1.807, 2.05) is 18.2 Å². The Bertz CT molecular complexity index is 402. The van der Waals surface area contributed by atoms with Crippen LogP contribution in [0, 0.1) is 0 Å². The lowest BCUT2D eigenvalue weighted by atomic mass is 10.1. The molecule has 0 saturated heterocycles. The van der Waals surface area contributed by atoms with E-state index in [0.717, 1.165) is 17.3 Å². The zero-order valence-electron chi connectivity index (χ0n) is 9.07. The number of methoxy groups -OCH3 is 1. The molecule has 0 spiro atoms. The molecule has 4 heteroatoms. The van der Waals surface area contributed by atoms with Gasteiger partial charge in [0.05, 0.1) is 7.11 Å². The molecule has 0 aliphatic rings. The Balaban J connectivity index is 3.03. The fourth-order valence-electron chi connectivity index (χ4n) is 1.29. The Morgan fingerprint density at radius 3 is 2.88 bits per heavy atom. The molecule has 0 heterocycles. The molecule has 0 aliphatic heterocycles. The second kappa shape index (κ2) is 6.33. The highest BCUT2D eigenvalue weighted by molar-refractivity contribution is 9.09. The van der Waals surface area contributed by atoms with Gasteiger partial charge in [-0.3, -0.25) is 4.79 Å². The van der Waals surface area contributed by atoms with Crippen molar-refractivity contribution in [3.05, 3.63) is 35.4 Å². The molecule has 0 bridgehead atoms. The van der Waals surface area contributed by atoms with E-state index in [1.54, 1.807) is 19.2 Å². The number of primary amides is 1. The lowest BCUT2D eigenvalue weighted by Crippen LogP contribution is -2.12. The van der Waals surface area contributed by atoms with Gasteiger partial charge in [0, 0.05) is 10.9 Å². The minimum atomic E-state index is -0.447. The molecule has 3 nitrogen and oxygen atoms in total. The van der Waals surface area contributed by atoms with Crippen LogP contribution in [-0.4, -0.2) is 18.3 Å². The summed E-state index contributed by atoms with van der Waals surface area (Å²) in [6.07, 6.45) is 4.79. The summed E-state index contributed by atoms with van der Waals surface area (Å²) in [7, 11) is 1.56. The molecule has 0 fully saturated rings. The Kier molecular flexibility index (Phi) is 5.05. The molecule has 1 amide bonds. The van der Waals surface area contributed by atoms with Crippen LogP contribution in [0.25, 0.3) is 6.08 Å². The lowest BCUT2D eigenvalue weighted by molar-refractivity contribution is 0.1000. The van der Waals surface area contributed by atoms with Crippen LogP contribution in [0.1, 0.15) is 22.3 Å². The second-order valence-electron chi connectivity index (χ2n) is 3.20. The van der Waals surface area contributed by atoms with Crippen molar-refractivity contribution < 1.29 is 9.53 Å². The van der Waals surface area contributed by atoms with E-state index in [2.05, 4.69) is 15.9 Å². The van der Waals surface area contributed by atoms with Gasteiger partial charge >= 0.3 is 0 Å². The minimum Gasteiger partial charge on any atom is -0.497 e. The quantitative estimate of drug-likeness (QED) is 0.845. The Labute approximate surface area is 103 Å². The van der Waals surface area contributed by atoms with E-state index in [4.69, 9.17) is 10.5 Å².